The van der Waals surface area contributed by atoms with E-state index in [1.165, 1.54) is 36.0 Å². The first-order chi connectivity index (χ1) is 16.9. The Kier molecular flexibility index (Phi) is 14.4. The Morgan fingerprint density at radius 2 is 1.20 bits per heavy atom. The molecule has 1 aromatic rings. The summed E-state index contributed by atoms with van der Waals surface area (Å²) in [4.78, 5) is 24.2. The number of ketones is 1. The van der Waals surface area contributed by atoms with Crippen molar-refractivity contribution >= 4 is 33.4 Å². The van der Waals surface area contributed by atoms with Gasteiger partial charge in [0.1, 0.15) is 0 Å². The van der Waals surface area contributed by atoms with Crippen LogP contribution in [-0.4, -0.2) is 114 Å². The van der Waals surface area contributed by atoms with Crippen LogP contribution in [0.2, 0.25) is 0 Å². The molecule has 10 nitrogen and oxygen atoms in total. The van der Waals surface area contributed by atoms with E-state index in [2.05, 4.69) is 0 Å². The predicted octanol–water partition coefficient (Wildman–Crippen LogP) is 1.43. The number of benzene rings is 1. The van der Waals surface area contributed by atoms with Crippen LogP contribution < -0.4 is 0 Å². The second kappa shape index (κ2) is 17.0. The summed E-state index contributed by atoms with van der Waals surface area (Å²) < 4.78 is 52.5. The SMILES string of the molecule is O=C(O)c1ccc(C(=O)C2CSCCOCCOCCOCCOCCOCCS(=O)(=O)C2)cc1. The summed E-state index contributed by atoms with van der Waals surface area (Å²) in [6, 6.07) is 5.51. The maximum Gasteiger partial charge on any atom is 0.335 e. The molecule has 1 N–H and O–H groups in total. The molecule has 0 bridgehead atoms. The van der Waals surface area contributed by atoms with Gasteiger partial charge in [-0.1, -0.05) is 12.1 Å². The molecule has 1 aliphatic rings. The first-order valence-corrected chi connectivity index (χ1v) is 14.4. The number of rotatable bonds is 3. The lowest BCUT2D eigenvalue weighted by atomic mass is 10.00. The molecule has 1 saturated heterocycles. The number of hydrogen-bond donors (Lipinski definition) is 1. The normalized spacial score (nSPS) is 22.8. The number of thioether (sulfide) groups is 1. The maximum absolute atomic E-state index is 13.1. The zero-order chi connectivity index (χ0) is 25.4. The van der Waals surface area contributed by atoms with Gasteiger partial charge in [0.2, 0.25) is 0 Å². The summed E-state index contributed by atoms with van der Waals surface area (Å²) >= 11 is 1.43. The Morgan fingerprint density at radius 1 is 0.743 bits per heavy atom. The fraction of sp³-hybridized carbons (Fsp3) is 0.652. The molecule has 1 aromatic carbocycles. The second-order valence-electron chi connectivity index (χ2n) is 7.69. The monoisotopic (exact) mass is 534 g/mol. The molecule has 0 saturated carbocycles. The molecule has 1 atom stereocenters. The van der Waals surface area contributed by atoms with Crippen molar-refractivity contribution in [2.45, 2.75) is 0 Å². The number of carboxylic acid groups (broad SMARTS) is 1. The summed E-state index contributed by atoms with van der Waals surface area (Å²) in [5.74, 6) is -1.83. The van der Waals surface area contributed by atoms with Gasteiger partial charge in [0.15, 0.2) is 15.6 Å². The van der Waals surface area contributed by atoms with E-state index in [0.29, 0.717) is 64.4 Å². The van der Waals surface area contributed by atoms with Gasteiger partial charge in [-0.05, 0) is 12.1 Å². The fourth-order valence-electron chi connectivity index (χ4n) is 3.11. The molecule has 0 radical (unpaired) electrons. The first kappa shape index (κ1) is 29.7. The van der Waals surface area contributed by atoms with Crippen molar-refractivity contribution in [3.05, 3.63) is 35.4 Å². The third-order valence-corrected chi connectivity index (χ3v) is 7.75. The molecule has 1 aliphatic heterocycles. The Bertz CT molecular complexity index is 858. The number of sulfone groups is 1. The smallest absolute Gasteiger partial charge is 0.335 e. The average Bonchev–Trinajstić information content (AvgIpc) is 2.83. The highest BCUT2D eigenvalue weighted by molar-refractivity contribution is 7.99. The van der Waals surface area contributed by atoms with E-state index in [1.807, 2.05) is 0 Å². The third kappa shape index (κ3) is 12.8. The largest absolute Gasteiger partial charge is 0.478 e. The van der Waals surface area contributed by atoms with Crippen molar-refractivity contribution in [3.63, 3.8) is 0 Å². The molecule has 2 rings (SSSR count). The highest BCUT2D eigenvalue weighted by Gasteiger charge is 2.26. The van der Waals surface area contributed by atoms with Crippen molar-refractivity contribution in [1.29, 1.82) is 0 Å². The number of carbonyl (C=O) groups is 2. The lowest BCUT2D eigenvalue weighted by molar-refractivity contribution is -0.00908. The van der Waals surface area contributed by atoms with Crippen molar-refractivity contribution in [2.75, 3.05) is 89.1 Å². The summed E-state index contributed by atoms with van der Waals surface area (Å²) in [5.41, 5.74) is 0.337. The van der Waals surface area contributed by atoms with E-state index in [9.17, 15) is 18.0 Å². The van der Waals surface area contributed by atoms with E-state index in [0.717, 1.165) is 0 Å². The number of aromatic carboxylic acids is 1. The minimum Gasteiger partial charge on any atom is -0.478 e. The van der Waals surface area contributed by atoms with Gasteiger partial charge >= 0.3 is 5.97 Å². The molecule has 0 spiro atoms. The highest BCUT2D eigenvalue weighted by atomic mass is 32.2. The van der Waals surface area contributed by atoms with Gasteiger partial charge in [0.05, 0.1) is 83.1 Å². The lowest BCUT2D eigenvalue weighted by Gasteiger charge is -2.16. The summed E-state index contributed by atoms with van der Waals surface area (Å²) in [7, 11) is -3.57. The zero-order valence-corrected chi connectivity index (χ0v) is 21.4. The van der Waals surface area contributed by atoms with Gasteiger partial charge in [-0.3, -0.25) is 4.79 Å². The molecule has 1 fully saturated rings. The van der Waals surface area contributed by atoms with Crippen LogP contribution >= 0.6 is 11.8 Å². The van der Waals surface area contributed by atoms with Gasteiger partial charge in [0, 0.05) is 23.0 Å². The van der Waals surface area contributed by atoms with Crippen LogP contribution in [0.15, 0.2) is 24.3 Å². The van der Waals surface area contributed by atoms with Crippen LogP contribution in [0, 0.1) is 5.92 Å². The van der Waals surface area contributed by atoms with E-state index in [1.54, 1.807) is 0 Å². The van der Waals surface area contributed by atoms with Crippen LogP contribution in [0.1, 0.15) is 20.7 Å². The van der Waals surface area contributed by atoms with Gasteiger partial charge < -0.3 is 28.8 Å². The van der Waals surface area contributed by atoms with Crippen LogP contribution in [0.4, 0.5) is 0 Å². The summed E-state index contributed by atoms with van der Waals surface area (Å²) in [6.45, 7) is 3.65. The Morgan fingerprint density at radius 3 is 1.71 bits per heavy atom. The van der Waals surface area contributed by atoms with Crippen LogP contribution in [0.25, 0.3) is 0 Å². The Labute approximate surface area is 210 Å². The average molecular weight is 535 g/mol. The summed E-state index contributed by atoms with van der Waals surface area (Å²) in [6.07, 6.45) is 0. The van der Waals surface area contributed by atoms with Gasteiger partial charge in [-0.25, -0.2) is 13.2 Å². The molecule has 198 valence electrons. The third-order valence-electron chi connectivity index (χ3n) is 4.96. The van der Waals surface area contributed by atoms with E-state index < -0.39 is 21.7 Å². The predicted molar refractivity (Wildman–Crippen MR) is 131 cm³/mol. The number of carbonyl (C=O) groups excluding carboxylic acids is 1. The van der Waals surface area contributed by atoms with Gasteiger partial charge in [-0.2, -0.15) is 11.8 Å². The molecule has 1 unspecified atom stereocenters. The van der Waals surface area contributed by atoms with Crippen molar-refractivity contribution in [1.82, 2.24) is 0 Å². The van der Waals surface area contributed by atoms with E-state index in [4.69, 9.17) is 28.8 Å². The second-order valence-corrected chi connectivity index (χ2v) is 11.1. The van der Waals surface area contributed by atoms with Crippen molar-refractivity contribution in [2.24, 2.45) is 5.92 Å². The van der Waals surface area contributed by atoms with Crippen LogP contribution in [-0.2, 0) is 33.5 Å². The molecule has 0 amide bonds. The van der Waals surface area contributed by atoms with E-state index >= 15 is 0 Å². The molecule has 0 aromatic heterocycles. The minimum absolute atomic E-state index is 0.00866. The molecular weight excluding hydrogens is 500 g/mol. The molecular formula is C23H34O10S2. The fourth-order valence-corrected chi connectivity index (χ4v) is 5.64. The molecule has 0 aliphatic carbocycles. The number of carboxylic acids is 1. The summed E-state index contributed by atoms with van der Waals surface area (Å²) in [5, 5.41) is 9.06. The van der Waals surface area contributed by atoms with Gasteiger partial charge in [-0.15, -0.1) is 0 Å². The van der Waals surface area contributed by atoms with E-state index in [-0.39, 0.29) is 41.6 Å². The Hall–Kier alpha value is -1.54. The molecule has 35 heavy (non-hydrogen) atoms. The maximum atomic E-state index is 13.1. The number of ether oxygens (including phenoxy) is 5. The number of hydrogen-bond acceptors (Lipinski definition) is 10. The van der Waals surface area contributed by atoms with Crippen LogP contribution in [0.5, 0.6) is 0 Å². The molecule has 12 heteroatoms. The molecule has 1 heterocycles. The minimum atomic E-state index is -3.57. The zero-order valence-electron chi connectivity index (χ0n) is 19.7. The van der Waals surface area contributed by atoms with Crippen molar-refractivity contribution in [3.8, 4) is 0 Å². The van der Waals surface area contributed by atoms with Crippen LogP contribution in [0.3, 0.4) is 0 Å². The number of Topliss-reactive ketones (excluding diaryl/α,β-unsaturated/α-hetero) is 1. The van der Waals surface area contributed by atoms with Crippen molar-refractivity contribution < 1.29 is 46.8 Å². The van der Waals surface area contributed by atoms with Gasteiger partial charge in [0.25, 0.3) is 0 Å². The quantitative estimate of drug-likeness (QED) is 0.564. The highest BCUT2D eigenvalue weighted by Crippen LogP contribution is 2.18. The first-order valence-electron chi connectivity index (χ1n) is 11.4. The lowest BCUT2D eigenvalue weighted by Crippen LogP contribution is -2.29. The topological polar surface area (TPSA) is 135 Å². The Balaban J connectivity index is 1.98. The standard InChI is InChI=1S/C23H34O10S2/c24-22(19-1-3-20(4-2-19)23(25)26)21-17-34-15-13-32-11-9-30-7-5-29-6-8-31-10-12-33-14-16-35(27,28)18-21/h1-4,21H,5-18H2,(H,25,26).